The van der Waals surface area contributed by atoms with E-state index in [1.54, 1.807) is 37.4 Å². The molecule has 0 aliphatic carbocycles. The second-order valence-corrected chi connectivity index (χ2v) is 7.51. The van der Waals surface area contributed by atoms with Gasteiger partial charge in [-0.3, -0.25) is 4.79 Å². The maximum absolute atomic E-state index is 15.4. The molecule has 2 aromatic carbocycles. The molecule has 1 amide bonds. The second-order valence-electron chi connectivity index (χ2n) is 7.51. The number of aryl methyl sites for hydroxylation is 2. The third kappa shape index (κ3) is 4.30. The van der Waals surface area contributed by atoms with Crippen molar-refractivity contribution in [2.24, 2.45) is 0 Å². The summed E-state index contributed by atoms with van der Waals surface area (Å²) >= 11 is 0. The largest absolute Gasteiger partial charge is 0.366 e. The minimum atomic E-state index is -0.566. The van der Waals surface area contributed by atoms with Crippen LogP contribution in [0.25, 0.3) is 16.8 Å². The van der Waals surface area contributed by atoms with Gasteiger partial charge in [-0.2, -0.15) is 4.98 Å². The van der Waals surface area contributed by atoms with E-state index < -0.39 is 11.7 Å². The number of nitrogens with one attached hydrogen (secondary N) is 1. The van der Waals surface area contributed by atoms with Crippen LogP contribution in [0.15, 0.2) is 54.7 Å². The number of amides is 1. The lowest BCUT2D eigenvalue weighted by Gasteiger charge is -2.12. The van der Waals surface area contributed by atoms with E-state index >= 15 is 4.39 Å². The molecule has 0 spiro atoms. The van der Waals surface area contributed by atoms with E-state index in [4.69, 9.17) is 12.2 Å². The molecule has 4 aromatic rings. The Bertz CT molecular complexity index is 1340. The average molecular weight is 427 g/mol. The number of terminal acetylenes is 1. The standard InChI is InChI=1S/C25H22FN5O/c1-3-17-7-9-18(10-8-17)5-4-13-28-24(32)22-16(2)6-11-20(23(22)26)19-12-14-31-21(15-19)29-25(27)30-31/h1,6-12,14-15H,4-5,13H2,2H3,(H2,27,30)(H,28,32). The molecule has 0 aliphatic heterocycles. The number of carbonyl (C=O) groups is 1. The topological polar surface area (TPSA) is 85.3 Å². The molecule has 32 heavy (non-hydrogen) atoms. The second kappa shape index (κ2) is 8.90. The van der Waals surface area contributed by atoms with Gasteiger partial charge in [-0.05, 0) is 60.7 Å². The molecule has 0 saturated carbocycles. The third-order valence-electron chi connectivity index (χ3n) is 5.29. The van der Waals surface area contributed by atoms with Crippen molar-refractivity contribution in [2.75, 3.05) is 12.3 Å². The van der Waals surface area contributed by atoms with Crippen LogP contribution in [-0.2, 0) is 6.42 Å². The monoisotopic (exact) mass is 427 g/mol. The summed E-state index contributed by atoms with van der Waals surface area (Å²) in [6.45, 7) is 2.15. The van der Waals surface area contributed by atoms with Gasteiger partial charge in [0, 0.05) is 23.9 Å². The Kier molecular flexibility index (Phi) is 5.86. The molecule has 0 fully saturated rings. The first-order valence-corrected chi connectivity index (χ1v) is 10.2. The van der Waals surface area contributed by atoms with E-state index in [0.717, 1.165) is 24.0 Å². The van der Waals surface area contributed by atoms with Crippen LogP contribution in [0.3, 0.4) is 0 Å². The Morgan fingerprint density at radius 2 is 2.00 bits per heavy atom. The molecule has 0 bridgehead atoms. The molecule has 0 atom stereocenters. The highest BCUT2D eigenvalue weighted by Gasteiger charge is 2.19. The summed E-state index contributed by atoms with van der Waals surface area (Å²) in [5, 5.41) is 6.85. The molecule has 0 aliphatic rings. The van der Waals surface area contributed by atoms with E-state index in [1.807, 2.05) is 24.3 Å². The molecule has 0 radical (unpaired) electrons. The van der Waals surface area contributed by atoms with Crippen molar-refractivity contribution in [2.45, 2.75) is 19.8 Å². The minimum Gasteiger partial charge on any atom is -0.366 e. The quantitative estimate of drug-likeness (QED) is 0.362. The Morgan fingerprint density at radius 1 is 1.22 bits per heavy atom. The molecule has 0 saturated heterocycles. The van der Waals surface area contributed by atoms with Gasteiger partial charge in [0.1, 0.15) is 5.82 Å². The first kappa shape index (κ1) is 21.1. The fraction of sp³-hybridized carbons (Fsp3) is 0.160. The van der Waals surface area contributed by atoms with E-state index in [2.05, 4.69) is 21.3 Å². The molecule has 3 N–H and O–H groups in total. The van der Waals surface area contributed by atoms with Crippen LogP contribution >= 0.6 is 0 Å². The Hall–Kier alpha value is -4.18. The molecule has 6 nitrogen and oxygen atoms in total. The number of aromatic nitrogens is 3. The maximum atomic E-state index is 15.4. The number of nitrogens with two attached hydrogens (primary N) is 1. The first-order chi connectivity index (χ1) is 15.5. The normalized spacial score (nSPS) is 10.8. The Labute approximate surface area is 185 Å². The van der Waals surface area contributed by atoms with Crippen molar-refractivity contribution in [1.29, 1.82) is 0 Å². The number of carbonyl (C=O) groups excluding carboxylic acids is 1. The summed E-state index contributed by atoms with van der Waals surface area (Å²) in [5.41, 5.74) is 9.61. The summed E-state index contributed by atoms with van der Waals surface area (Å²) in [4.78, 5) is 16.9. The zero-order valence-electron chi connectivity index (χ0n) is 17.6. The number of nitrogens with zero attached hydrogens (tertiary/aromatic N) is 3. The maximum Gasteiger partial charge on any atom is 0.254 e. The lowest BCUT2D eigenvalue weighted by atomic mass is 9.98. The molecule has 2 heterocycles. The highest BCUT2D eigenvalue weighted by Crippen LogP contribution is 2.28. The first-order valence-electron chi connectivity index (χ1n) is 10.2. The van der Waals surface area contributed by atoms with Gasteiger partial charge in [-0.25, -0.2) is 8.91 Å². The smallest absolute Gasteiger partial charge is 0.254 e. The lowest BCUT2D eigenvalue weighted by Crippen LogP contribution is -2.26. The van der Waals surface area contributed by atoms with Gasteiger partial charge in [-0.15, -0.1) is 11.5 Å². The van der Waals surface area contributed by atoms with E-state index in [9.17, 15) is 4.79 Å². The fourth-order valence-electron chi connectivity index (χ4n) is 3.59. The van der Waals surface area contributed by atoms with Crippen LogP contribution in [0.4, 0.5) is 10.3 Å². The SMILES string of the molecule is C#Cc1ccc(CCCNC(=O)c2c(C)ccc(-c3ccn4nc(N)nc4c3)c2F)cc1. The molecule has 0 unspecified atom stereocenters. The molecule has 160 valence electrons. The lowest BCUT2D eigenvalue weighted by molar-refractivity contribution is 0.0948. The number of hydrogen-bond acceptors (Lipinski definition) is 4. The fourth-order valence-corrected chi connectivity index (χ4v) is 3.59. The van der Waals surface area contributed by atoms with Crippen molar-refractivity contribution in [1.82, 2.24) is 19.9 Å². The number of fused-ring (bicyclic) bond motifs is 1. The summed E-state index contributed by atoms with van der Waals surface area (Å²) in [7, 11) is 0. The van der Waals surface area contributed by atoms with Gasteiger partial charge in [0.25, 0.3) is 5.91 Å². The third-order valence-corrected chi connectivity index (χ3v) is 5.29. The predicted molar refractivity (Wildman–Crippen MR) is 123 cm³/mol. The van der Waals surface area contributed by atoms with E-state index in [-0.39, 0.29) is 11.5 Å². The van der Waals surface area contributed by atoms with Crippen LogP contribution in [0.5, 0.6) is 0 Å². The molecule has 7 heteroatoms. The van der Waals surface area contributed by atoms with Gasteiger partial charge < -0.3 is 11.1 Å². The summed E-state index contributed by atoms with van der Waals surface area (Å²) in [6.07, 6.45) is 8.54. The predicted octanol–water partition coefficient (Wildman–Crippen LogP) is 3.77. The molecular weight excluding hydrogens is 405 g/mol. The number of rotatable bonds is 6. The molecular formula is C25H22FN5O. The number of pyridine rings is 1. The van der Waals surface area contributed by atoms with E-state index in [1.165, 1.54) is 4.52 Å². The van der Waals surface area contributed by atoms with Crippen LogP contribution < -0.4 is 11.1 Å². The van der Waals surface area contributed by atoms with Crippen LogP contribution in [0.1, 0.15) is 33.5 Å². The number of hydrogen-bond donors (Lipinski definition) is 2. The van der Waals surface area contributed by atoms with Gasteiger partial charge in [0.2, 0.25) is 5.95 Å². The van der Waals surface area contributed by atoms with Gasteiger partial charge in [-0.1, -0.05) is 30.2 Å². The van der Waals surface area contributed by atoms with Crippen molar-refractivity contribution in [3.63, 3.8) is 0 Å². The van der Waals surface area contributed by atoms with E-state index in [0.29, 0.717) is 28.9 Å². The Morgan fingerprint density at radius 3 is 2.75 bits per heavy atom. The molecule has 4 rings (SSSR count). The molecule has 2 aromatic heterocycles. The number of anilines is 1. The van der Waals surface area contributed by atoms with Crippen LogP contribution in [0, 0.1) is 25.1 Å². The minimum absolute atomic E-state index is 0.0433. The number of halogens is 1. The average Bonchev–Trinajstić information content (AvgIpc) is 3.16. The van der Waals surface area contributed by atoms with Gasteiger partial charge >= 0.3 is 0 Å². The number of nitrogen functional groups attached to an aromatic ring is 1. The van der Waals surface area contributed by atoms with Crippen molar-refractivity contribution < 1.29 is 9.18 Å². The van der Waals surface area contributed by atoms with Crippen LogP contribution in [0.2, 0.25) is 0 Å². The summed E-state index contributed by atoms with van der Waals surface area (Å²) < 4.78 is 16.9. The zero-order valence-corrected chi connectivity index (χ0v) is 17.6. The summed E-state index contributed by atoms with van der Waals surface area (Å²) in [6, 6.07) is 14.5. The van der Waals surface area contributed by atoms with Crippen LogP contribution in [-0.4, -0.2) is 27.0 Å². The van der Waals surface area contributed by atoms with Gasteiger partial charge in [0.05, 0.1) is 5.56 Å². The highest BCUT2D eigenvalue weighted by atomic mass is 19.1. The van der Waals surface area contributed by atoms with Gasteiger partial charge in [0.15, 0.2) is 5.65 Å². The van der Waals surface area contributed by atoms with Crippen molar-refractivity contribution in [3.8, 4) is 23.5 Å². The zero-order chi connectivity index (χ0) is 22.7. The summed E-state index contributed by atoms with van der Waals surface area (Å²) in [5.74, 6) is 1.72. The number of benzene rings is 2. The Balaban J connectivity index is 1.47. The highest BCUT2D eigenvalue weighted by molar-refractivity contribution is 5.97. The van der Waals surface area contributed by atoms with Crippen molar-refractivity contribution in [3.05, 3.63) is 82.8 Å². The van der Waals surface area contributed by atoms with Crippen molar-refractivity contribution >= 4 is 17.5 Å².